The van der Waals surface area contributed by atoms with E-state index in [1.807, 2.05) is 0 Å². The van der Waals surface area contributed by atoms with Crippen molar-refractivity contribution in [2.45, 2.75) is 291 Å². The van der Waals surface area contributed by atoms with Crippen molar-refractivity contribution in [3.63, 3.8) is 0 Å². The molecular formula is C69H115NO18. The first-order chi connectivity index (χ1) is 42.8. The molecule has 0 radical (unpaired) electrons. The average Bonchev–Trinajstić information content (AvgIpc) is 1.54. The van der Waals surface area contributed by atoms with Gasteiger partial charge in [0.15, 0.2) is 18.9 Å². The highest BCUT2D eigenvalue weighted by Crippen LogP contribution is 2.33. The largest absolute Gasteiger partial charge is 0.394 e. The van der Waals surface area contributed by atoms with Gasteiger partial charge < -0.3 is 89.9 Å². The van der Waals surface area contributed by atoms with Crippen LogP contribution in [0.5, 0.6) is 0 Å². The van der Waals surface area contributed by atoms with Gasteiger partial charge in [-0.3, -0.25) is 4.79 Å². The van der Waals surface area contributed by atoms with E-state index >= 15 is 0 Å². The fourth-order valence-corrected chi connectivity index (χ4v) is 10.5. The zero-order valence-electron chi connectivity index (χ0n) is 52.9. The molecule has 19 heteroatoms. The Balaban J connectivity index is 1.42. The standard InChI is InChI=1S/C69H115NO18/c1-3-5-7-9-11-13-15-17-18-19-20-21-22-23-24-25-26-27-28-29-30-31-32-33-34-35-37-39-41-43-45-47-57(75)70-52(53(74)46-44-42-40-38-36-16-14-12-10-8-6-4-2)51-83-67-63(81)60(78)65(55(49-72)85-67)88-69-64(82)61(79)66(56(50-73)86-69)87-68-62(80)59(77)58(76)54(48-71)84-68/h5,7,11,13,17-18,20-21,23-24,26-27,29-30,32-33,35,37,52-56,58-69,71-74,76-82H,3-4,6,8-10,12,14-16,19,22,25,28,31,34,36,38-51H2,1-2H3,(H,70,75)/b7-5-,13-11-,18-17-,21-20-,24-23-,27-26-,30-29-,33-32-,37-35-. The molecule has 0 saturated carbocycles. The lowest BCUT2D eigenvalue weighted by atomic mass is 9.96. The van der Waals surface area contributed by atoms with Crippen LogP contribution in [0.15, 0.2) is 109 Å². The number of unbranched alkanes of at least 4 members (excludes halogenated alkanes) is 14. The summed E-state index contributed by atoms with van der Waals surface area (Å²) in [6.45, 7) is 1.62. The maximum absolute atomic E-state index is 13.4. The maximum Gasteiger partial charge on any atom is 0.220 e. The molecule has 12 N–H and O–H groups in total. The van der Waals surface area contributed by atoms with E-state index in [9.17, 15) is 61.0 Å². The van der Waals surface area contributed by atoms with Gasteiger partial charge in [0.2, 0.25) is 5.91 Å². The van der Waals surface area contributed by atoms with Crippen molar-refractivity contribution in [2.24, 2.45) is 0 Å². The average molecular weight is 1250 g/mol. The summed E-state index contributed by atoms with van der Waals surface area (Å²) in [7, 11) is 0. The third kappa shape index (κ3) is 32.1. The summed E-state index contributed by atoms with van der Waals surface area (Å²) in [5.74, 6) is -0.281. The smallest absolute Gasteiger partial charge is 0.220 e. The van der Waals surface area contributed by atoms with E-state index in [0.717, 1.165) is 96.3 Å². The van der Waals surface area contributed by atoms with Crippen LogP contribution in [-0.4, -0.2) is 193 Å². The predicted molar refractivity (Wildman–Crippen MR) is 341 cm³/mol. The van der Waals surface area contributed by atoms with Gasteiger partial charge in [-0.15, -0.1) is 0 Å². The first kappa shape index (κ1) is 78.7. The van der Waals surface area contributed by atoms with Gasteiger partial charge in [0.25, 0.3) is 0 Å². The summed E-state index contributed by atoms with van der Waals surface area (Å²) in [4.78, 5) is 13.4. The molecule has 88 heavy (non-hydrogen) atoms. The van der Waals surface area contributed by atoms with Crippen molar-refractivity contribution in [3.8, 4) is 0 Å². The molecule has 3 aliphatic rings. The van der Waals surface area contributed by atoms with Crippen LogP contribution in [0, 0.1) is 0 Å². The molecule has 0 aliphatic carbocycles. The van der Waals surface area contributed by atoms with E-state index in [4.69, 9.17) is 28.4 Å². The topological polar surface area (TPSA) is 307 Å². The van der Waals surface area contributed by atoms with Crippen molar-refractivity contribution in [1.29, 1.82) is 0 Å². The fraction of sp³-hybridized carbons (Fsp3) is 0.725. The Morgan fingerprint density at radius 3 is 1.22 bits per heavy atom. The van der Waals surface area contributed by atoms with Crippen molar-refractivity contribution in [1.82, 2.24) is 5.32 Å². The first-order valence-corrected chi connectivity index (χ1v) is 33.1. The second kappa shape index (κ2) is 50.1. The zero-order valence-corrected chi connectivity index (χ0v) is 52.9. The molecular weight excluding hydrogens is 1130 g/mol. The number of carbonyl (C=O) groups is 1. The quantitative estimate of drug-likeness (QED) is 0.0204. The van der Waals surface area contributed by atoms with Gasteiger partial charge in [0, 0.05) is 6.42 Å². The van der Waals surface area contributed by atoms with E-state index in [0.29, 0.717) is 19.3 Å². The maximum atomic E-state index is 13.4. The molecule has 3 aliphatic heterocycles. The molecule has 1 amide bonds. The molecule has 3 heterocycles. The zero-order chi connectivity index (χ0) is 64.0. The number of ether oxygens (including phenoxy) is 6. The van der Waals surface area contributed by atoms with Gasteiger partial charge >= 0.3 is 0 Å². The molecule has 3 fully saturated rings. The molecule has 504 valence electrons. The minimum Gasteiger partial charge on any atom is -0.394 e. The second-order valence-electron chi connectivity index (χ2n) is 23.2. The number of amides is 1. The van der Waals surface area contributed by atoms with Crippen LogP contribution in [0.1, 0.15) is 187 Å². The first-order valence-electron chi connectivity index (χ1n) is 33.1. The van der Waals surface area contributed by atoms with Crippen molar-refractivity contribution >= 4 is 5.91 Å². The van der Waals surface area contributed by atoms with Gasteiger partial charge in [0.05, 0.1) is 38.6 Å². The van der Waals surface area contributed by atoms with E-state index in [1.165, 1.54) is 51.4 Å². The van der Waals surface area contributed by atoms with Gasteiger partial charge in [-0.25, -0.2) is 0 Å². The van der Waals surface area contributed by atoms with Gasteiger partial charge in [-0.2, -0.15) is 0 Å². The van der Waals surface area contributed by atoms with Crippen molar-refractivity contribution in [3.05, 3.63) is 109 Å². The molecule has 0 aromatic carbocycles. The molecule has 17 unspecified atom stereocenters. The molecule has 17 atom stereocenters. The molecule has 3 rings (SSSR count). The summed E-state index contributed by atoms with van der Waals surface area (Å²) in [5, 5.41) is 120. The van der Waals surface area contributed by atoms with Crippen LogP contribution in [0.25, 0.3) is 0 Å². The Labute approximate surface area is 525 Å². The number of aliphatic hydroxyl groups excluding tert-OH is 11. The number of aliphatic hydroxyl groups is 11. The Kier molecular flexibility index (Phi) is 44.8. The third-order valence-corrected chi connectivity index (χ3v) is 15.9. The predicted octanol–water partition coefficient (Wildman–Crippen LogP) is 7.88. The summed E-state index contributed by atoms with van der Waals surface area (Å²) < 4.78 is 34.3. The lowest BCUT2D eigenvalue weighted by molar-refractivity contribution is -0.379. The normalized spacial score (nSPS) is 29.1. The number of rotatable bonds is 48. The van der Waals surface area contributed by atoms with Crippen LogP contribution >= 0.6 is 0 Å². The summed E-state index contributed by atoms with van der Waals surface area (Å²) in [6.07, 6.45) is 38.9. The van der Waals surface area contributed by atoms with Gasteiger partial charge in [0.1, 0.15) is 73.2 Å². The second-order valence-corrected chi connectivity index (χ2v) is 23.2. The highest BCUT2D eigenvalue weighted by atomic mass is 16.8. The van der Waals surface area contributed by atoms with Crippen LogP contribution in [-0.2, 0) is 33.2 Å². The van der Waals surface area contributed by atoms with Gasteiger partial charge in [-0.1, -0.05) is 207 Å². The lowest BCUT2D eigenvalue weighted by Crippen LogP contribution is -2.66. The van der Waals surface area contributed by atoms with E-state index in [1.54, 1.807) is 0 Å². The number of allylic oxidation sites excluding steroid dienone is 18. The summed E-state index contributed by atoms with van der Waals surface area (Å²) in [5.41, 5.74) is 0. The fourth-order valence-electron chi connectivity index (χ4n) is 10.5. The van der Waals surface area contributed by atoms with Gasteiger partial charge in [-0.05, 0) is 83.5 Å². The summed E-state index contributed by atoms with van der Waals surface area (Å²) in [6, 6.07) is -0.912. The highest BCUT2D eigenvalue weighted by molar-refractivity contribution is 5.76. The van der Waals surface area contributed by atoms with Crippen LogP contribution in [0.2, 0.25) is 0 Å². The van der Waals surface area contributed by atoms with Crippen LogP contribution in [0.3, 0.4) is 0 Å². The number of hydrogen-bond donors (Lipinski definition) is 12. The van der Waals surface area contributed by atoms with Crippen LogP contribution in [0.4, 0.5) is 0 Å². The highest BCUT2D eigenvalue weighted by Gasteiger charge is 2.53. The van der Waals surface area contributed by atoms with Crippen molar-refractivity contribution in [2.75, 3.05) is 26.4 Å². The number of hydrogen-bond acceptors (Lipinski definition) is 18. The lowest BCUT2D eigenvalue weighted by Gasteiger charge is -2.48. The van der Waals surface area contributed by atoms with E-state index < -0.39 is 124 Å². The van der Waals surface area contributed by atoms with E-state index in [-0.39, 0.29) is 18.9 Å². The monoisotopic (exact) mass is 1250 g/mol. The minimum absolute atomic E-state index is 0.219. The third-order valence-electron chi connectivity index (χ3n) is 15.9. The molecule has 3 saturated heterocycles. The molecule has 0 bridgehead atoms. The Hall–Kier alpha value is -3.55. The summed E-state index contributed by atoms with van der Waals surface area (Å²) >= 11 is 0. The Morgan fingerprint density at radius 2 is 0.784 bits per heavy atom. The van der Waals surface area contributed by atoms with Crippen molar-refractivity contribution < 1.29 is 89.4 Å². The minimum atomic E-state index is -1.98. The Bertz CT molecular complexity index is 2020. The molecule has 19 nitrogen and oxygen atoms in total. The van der Waals surface area contributed by atoms with Crippen LogP contribution < -0.4 is 5.32 Å². The number of carbonyl (C=O) groups excluding carboxylic acids is 1. The molecule has 0 spiro atoms. The molecule has 0 aromatic heterocycles. The molecule has 0 aromatic rings. The van der Waals surface area contributed by atoms with E-state index in [2.05, 4.69) is 129 Å². The SMILES string of the molecule is CC/C=C\C/C=C\C/C=C\C/C=C\C/C=C\C/C=C\C/C=C\C/C=C\C/C=C\CCCCCC(=O)NC(COC1OC(CO)C(OC2OC(CO)C(OC3OC(CO)C(O)C(O)C3O)C(O)C2O)C(O)C1O)C(O)CCCCCCCCCCCCCC. The number of nitrogens with one attached hydrogen (secondary N) is 1. The Morgan fingerprint density at radius 1 is 0.420 bits per heavy atom.